The van der Waals surface area contributed by atoms with E-state index in [0.717, 1.165) is 31.1 Å². The maximum atomic E-state index is 11.5. The predicted octanol–water partition coefficient (Wildman–Crippen LogP) is 1.43. The van der Waals surface area contributed by atoms with Crippen LogP contribution in [0.3, 0.4) is 0 Å². The maximum Gasteiger partial charge on any atom is 0.233 e. The molecule has 2 rings (SSSR count). The number of nitrogens with zero attached hydrogens (tertiary/aromatic N) is 2. The standard InChI is InChI=1S/C14H24N4O.ClH/c1-11-8-12(2)18(17-11)7-3-6-16-14(19)10-15-9-13-4-5-13;/h8,13,15H,3-7,9-10H2,1-2H3,(H,16,19);1H. The molecule has 1 aliphatic carbocycles. The summed E-state index contributed by atoms with van der Waals surface area (Å²) in [6.45, 7) is 7.05. The highest BCUT2D eigenvalue weighted by Crippen LogP contribution is 2.27. The molecule has 1 aliphatic rings. The molecule has 0 saturated heterocycles. The van der Waals surface area contributed by atoms with Crippen molar-refractivity contribution in [1.29, 1.82) is 0 Å². The Kier molecular flexibility index (Phi) is 7.02. The van der Waals surface area contributed by atoms with Crippen LogP contribution in [0.15, 0.2) is 6.07 Å². The number of hydrogen-bond acceptors (Lipinski definition) is 3. The topological polar surface area (TPSA) is 59.0 Å². The van der Waals surface area contributed by atoms with E-state index in [2.05, 4.69) is 28.7 Å². The number of nitrogens with one attached hydrogen (secondary N) is 2. The SMILES string of the molecule is Cc1cc(C)n(CCCNC(=O)CNCC2CC2)n1.Cl. The number of amides is 1. The molecule has 5 nitrogen and oxygen atoms in total. The van der Waals surface area contributed by atoms with E-state index in [1.165, 1.54) is 18.5 Å². The lowest BCUT2D eigenvalue weighted by Crippen LogP contribution is -2.35. The molecule has 0 bridgehead atoms. The van der Waals surface area contributed by atoms with Gasteiger partial charge in [0.05, 0.1) is 12.2 Å². The summed E-state index contributed by atoms with van der Waals surface area (Å²) in [6.07, 6.45) is 3.55. The van der Waals surface area contributed by atoms with Crippen molar-refractivity contribution in [2.24, 2.45) is 5.92 Å². The predicted molar refractivity (Wildman–Crippen MR) is 82.2 cm³/mol. The van der Waals surface area contributed by atoms with Crippen LogP contribution < -0.4 is 10.6 Å². The van der Waals surface area contributed by atoms with Crippen LogP contribution in [0.1, 0.15) is 30.7 Å². The van der Waals surface area contributed by atoms with Crippen molar-refractivity contribution in [2.45, 2.75) is 39.7 Å². The average molecular weight is 301 g/mol. The summed E-state index contributed by atoms with van der Waals surface area (Å²) in [5.74, 6) is 0.910. The molecule has 0 spiro atoms. The molecule has 2 N–H and O–H groups in total. The second-order valence-electron chi connectivity index (χ2n) is 5.43. The van der Waals surface area contributed by atoms with Gasteiger partial charge in [0.2, 0.25) is 5.91 Å². The third-order valence-electron chi connectivity index (χ3n) is 3.39. The molecule has 0 unspecified atom stereocenters. The smallest absolute Gasteiger partial charge is 0.233 e. The van der Waals surface area contributed by atoms with E-state index in [1.54, 1.807) is 0 Å². The molecule has 6 heteroatoms. The highest BCUT2D eigenvalue weighted by molar-refractivity contribution is 5.85. The van der Waals surface area contributed by atoms with Gasteiger partial charge in [-0.05, 0) is 51.6 Å². The van der Waals surface area contributed by atoms with Gasteiger partial charge in [-0.15, -0.1) is 12.4 Å². The molecule has 0 aliphatic heterocycles. The Labute approximate surface area is 126 Å². The summed E-state index contributed by atoms with van der Waals surface area (Å²) in [6, 6.07) is 2.07. The Bertz CT molecular complexity index is 429. The van der Waals surface area contributed by atoms with Crippen molar-refractivity contribution < 1.29 is 4.79 Å². The van der Waals surface area contributed by atoms with Gasteiger partial charge in [-0.2, -0.15) is 5.10 Å². The van der Waals surface area contributed by atoms with E-state index in [0.29, 0.717) is 13.1 Å². The van der Waals surface area contributed by atoms with Gasteiger partial charge in [-0.3, -0.25) is 9.48 Å². The molecular weight excluding hydrogens is 276 g/mol. The molecule has 20 heavy (non-hydrogen) atoms. The number of halogens is 1. The minimum Gasteiger partial charge on any atom is -0.355 e. The highest BCUT2D eigenvalue weighted by atomic mass is 35.5. The first-order valence-corrected chi connectivity index (χ1v) is 7.13. The summed E-state index contributed by atoms with van der Waals surface area (Å²) in [5, 5.41) is 10.5. The first-order chi connectivity index (χ1) is 9.15. The van der Waals surface area contributed by atoms with Crippen LogP contribution in [0.2, 0.25) is 0 Å². The monoisotopic (exact) mass is 300 g/mol. The maximum absolute atomic E-state index is 11.5. The number of rotatable bonds is 8. The average Bonchev–Trinajstić information content (AvgIpc) is 3.11. The van der Waals surface area contributed by atoms with Gasteiger partial charge >= 0.3 is 0 Å². The van der Waals surface area contributed by atoms with E-state index in [4.69, 9.17) is 0 Å². The van der Waals surface area contributed by atoms with Gasteiger partial charge in [0.25, 0.3) is 0 Å². The molecule has 1 heterocycles. The van der Waals surface area contributed by atoms with Crippen LogP contribution >= 0.6 is 12.4 Å². The summed E-state index contributed by atoms with van der Waals surface area (Å²) >= 11 is 0. The van der Waals surface area contributed by atoms with E-state index in [-0.39, 0.29) is 18.3 Å². The molecule has 1 fully saturated rings. The highest BCUT2D eigenvalue weighted by Gasteiger charge is 2.20. The zero-order valence-corrected chi connectivity index (χ0v) is 13.1. The number of aromatic nitrogens is 2. The fourth-order valence-electron chi connectivity index (χ4n) is 2.13. The molecule has 1 aromatic rings. The lowest BCUT2D eigenvalue weighted by atomic mass is 10.3. The van der Waals surface area contributed by atoms with Crippen LogP contribution in [0.4, 0.5) is 0 Å². The van der Waals surface area contributed by atoms with E-state index in [1.807, 2.05) is 11.6 Å². The number of aryl methyl sites for hydroxylation is 3. The Balaban J connectivity index is 0.00000200. The third kappa shape index (κ3) is 5.92. The van der Waals surface area contributed by atoms with Gasteiger partial charge in [-0.1, -0.05) is 0 Å². The van der Waals surface area contributed by atoms with Crippen LogP contribution in [0.25, 0.3) is 0 Å². The van der Waals surface area contributed by atoms with Crippen LogP contribution in [-0.4, -0.2) is 35.3 Å². The molecule has 0 aromatic carbocycles. The van der Waals surface area contributed by atoms with Crippen LogP contribution in [0, 0.1) is 19.8 Å². The quantitative estimate of drug-likeness (QED) is 0.714. The van der Waals surface area contributed by atoms with Crippen molar-refractivity contribution in [3.63, 3.8) is 0 Å². The summed E-state index contributed by atoms with van der Waals surface area (Å²) < 4.78 is 1.99. The van der Waals surface area contributed by atoms with Crippen molar-refractivity contribution >= 4 is 18.3 Å². The Morgan fingerprint density at radius 1 is 1.45 bits per heavy atom. The number of hydrogen-bond donors (Lipinski definition) is 2. The molecular formula is C14H25ClN4O. The minimum absolute atomic E-state index is 0. The first kappa shape index (κ1) is 17.0. The molecule has 1 amide bonds. The lowest BCUT2D eigenvalue weighted by Gasteiger charge is -2.07. The van der Waals surface area contributed by atoms with Gasteiger partial charge < -0.3 is 10.6 Å². The molecule has 0 radical (unpaired) electrons. The van der Waals surface area contributed by atoms with Gasteiger partial charge in [-0.25, -0.2) is 0 Å². The molecule has 114 valence electrons. The number of carbonyl (C=O) groups is 1. The zero-order chi connectivity index (χ0) is 13.7. The number of carbonyl (C=O) groups excluding carboxylic acids is 1. The fraction of sp³-hybridized carbons (Fsp3) is 0.714. The normalized spacial score (nSPS) is 13.9. The summed E-state index contributed by atoms with van der Waals surface area (Å²) in [4.78, 5) is 11.5. The van der Waals surface area contributed by atoms with Crippen molar-refractivity contribution in [3.05, 3.63) is 17.5 Å². The van der Waals surface area contributed by atoms with Crippen molar-refractivity contribution in [2.75, 3.05) is 19.6 Å². The molecule has 1 saturated carbocycles. The van der Waals surface area contributed by atoms with Gasteiger partial charge in [0, 0.05) is 18.8 Å². The van der Waals surface area contributed by atoms with Gasteiger partial charge in [0.15, 0.2) is 0 Å². The molecule has 0 atom stereocenters. The van der Waals surface area contributed by atoms with E-state index < -0.39 is 0 Å². The third-order valence-corrected chi connectivity index (χ3v) is 3.39. The minimum atomic E-state index is 0. The summed E-state index contributed by atoms with van der Waals surface area (Å²) in [7, 11) is 0. The first-order valence-electron chi connectivity index (χ1n) is 7.13. The van der Waals surface area contributed by atoms with Crippen LogP contribution in [-0.2, 0) is 11.3 Å². The van der Waals surface area contributed by atoms with Gasteiger partial charge in [0.1, 0.15) is 0 Å². The molecule has 1 aromatic heterocycles. The Hall–Kier alpha value is -1.07. The fourth-order valence-corrected chi connectivity index (χ4v) is 2.13. The summed E-state index contributed by atoms with van der Waals surface area (Å²) in [5.41, 5.74) is 2.22. The zero-order valence-electron chi connectivity index (χ0n) is 12.3. The Morgan fingerprint density at radius 2 is 2.20 bits per heavy atom. The van der Waals surface area contributed by atoms with E-state index in [9.17, 15) is 4.79 Å². The van der Waals surface area contributed by atoms with Crippen molar-refractivity contribution in [3.8, 4) is 0 Å². The van der Waals surface area contributed by atoms with Crippen molar-refractivity contribution in [1.82, 2.24) is 20.4 Å². The second kappa shape index (κ2) is 8.27. The largest absolute Gasteiger partial charge is 0.355 e. The Morgan fingerprint density at radius 3 is 2.80 bits per heavy atom. The van der Waals surface area contributed by atoms with Crippen LogP contribution in [0.5, 0.6) is 0 Å². The second-order valence-corrected chi connectivity index (χ2v) is 5.43. The van der Waals surface area contributed by atoms with E-state index >= 15 is 0 Å². The lowest BCUT2D eigenvalue weighted by molar-refractivity contribution is -0.120.